The van der Waals surface area contributed by atoms with E-state index >= 15 is 0 Å². The molecule has 2 rings (SSSR count). The van der Waals surface area contributed by atoms with Crippen molar-refractivity contribution in [1.82, 2.24) is 0 Å². The van der Waals surface area contributed by atoms with Crippen LogP contribution in [0.25, 0.3) is 0 Å². The topological polar surface area (TPSA) is 89.5 Å². The Morgan fingerprint density at radius 2 is 1.03 bits per heavy atom. The molecule has 0 aliphatic heterocycles. The lowest BCUT2D eigenvalue weighted by Gasteiger charge is -2.15. The number of ether oxygens (including phenoxy) is 2. The second-order valence-electron chi connectivity index (χ2n) is 8.57. The fourth-order valence-electron chi connectivity index (χ4n) is 3.70. The molecule has 0 bridgehead atoms. The summed E-state index contributed by atoms with van der Waals surface area (Å²) in [6.45, 7) is 8.29. The minimum absolute atomic E-state index is 0.134. The minimum atomic E-state index is -0.759. The number of carbonyl (C=O) groups is 2. The van der Waals surface area contributed by atoms with Gasteiger partial charge in [-0.15, -0.1) is 9.78 Å². The molecule has 208 valence electrons. The molecule has 0 saturated carbocycles. The molecule has 8 nitrogen and oxygen atoms in total. The van der Waals surface area contributed by atoms with Gasteiger partial charge in [0.1, 0.15) is 22.6 Å². The predicted octanol–water partition coefficient (Wildman–Crippen LogP) is 7.59. The molecule has 0 fully saturated rings. The van der Waals surface area contributed by atoms with Gasteiger partial charge in [0.2, 0.25) is 0 Å². The number of para-hydroxylation sites is 2. The van der Waals surface area contributed by atoms with Gasteiger partial charge in [-0.3, -0.25) is 9.78 Å². The molecule has 0 heterocycles. The summed E-state index contributed by atoms with van der Waals surface area (Å²) in [4.78, 5) is 45.7. The lowest BCUT2D eigenvalue weighted by molar-refractivity contribution is -0.364. The number of carbonyl (C=O) groups excluding carboxylic acids is 2. The van der Waals surface area contributed by atoms with Crippen LogP contribution >= 0.6 is 0 Å². The lowest BCUT2D eigenvalue weighted by atomic mass is 10.1. The lowest BCUT2D eigenvalue weighted by Crippen LogP contribution is -2.17. The van der Waals surface area contributed by atoms with Crippen LogP contribution in [0.1, 0.15) is 98.8 Å². The van der Waals surface area contributed by atoms with Crippen molar-refractivity contribution in [3.8, 4) is 11.5 Å². The molecule has 0 aliphatic rings. The van der Waals surface area contributed by atoms with Gasteiger partial charge in [-0.1, -0.05) is 82.6 Å². The molecular formula is C30H40O8. The first kappa shape index (κ1) is 31.1. The standard InChI is InChI=1S/C30H40O8/c1-4-7-8-9-10-11-12-13-14-23-28(35-37-29(31)24-19-15-17-21-26(24)33-5-2)36-38-30(32)25-20-16-18-22-27(25)34-6-3/h15-22H,1,4-14,23H2,2-3H3. The average Bonchev–Trinajstić information content (AvgIpc) is 2.93. The summed E-state index contributed by atoms with van der Waals surface area (Å²) in [6.07, 6.45) is 9.76. The summed E-state index contributed by atoms with van der Waals surface area (Å²) < 4.78 is 11.0. The zero-order chi connectivity index (χ0) is 27.4. The molecule has 0 aliphatic carbocycles. The zero-order valence-corrected chi connectivity index (χ0v) is 22.6. The first-order chi connectivity index (χ1) is 18.6. The van der Waals surface area contributed by atoms with Gasteiger partial charge in [-0.2, -0.15) is 0 Å². The summed E-state index contributed by atoms with van der Waals surface area (Å²) >= 11 is 0. The van der Waals surface area contributed by atoms with Crippen LogP contribution in [0.3, 0.4) is 0 Å². The number of hydrogen-bond acceptors (Lipinski definition) is 8. The van der Waals surface area contributed by atoms with Gasteiger partial charge in [0.25, 0.3) is 0 Å². The quantitative estimate of drug-likeness (QED) is 0.0986. The van der Waals surface area contributed by atoms with E-state index in [0.717, 1.165) is 25.7 Å². The summed E-state index contributed by atoms with van der Waals surface area (Å²) in [5.41, 5.74) is 0.408. The molecule has 2 aromatic carbocycles. The minimum Gasteiger partial charge on any atom is -0.493 e. The van der Waals surface area contributed by atoms with Crippen LogP contribution in [0, 0.1) is 13.2 Å². The van der Waals surface area contributed by atoms with E-state index in [4.69, 9.17) is 29.0 Å². The normalized spacial score (nSPS) is 10.8. The molecule has 38 heavy (non-hydrogen) atoms. The van der Waals surface area contributed by atoms with Crippen molar-refractivity contribution in [3.05, 3.63) is 72.9 Å². The van der Waals surface area contributed by atoms with E-state index in [1.807, 2.05) is 13.8 Å². The molecule has 0 amide bonds. The SMILES string of the molecule is [CH2]CCCCCCCCCC[C](OOC(=O)c1ccccc1OCC)OOC(=O)c1ccccc1OCC. The highest BCUT2D eigenvalue weighted by Gasteiger charge is 2.24. The van der Waals surface area contributed by atoms with Gasteiger partial charge in [0, 0.05) is 6.42 Å². The van der Waals surface area contributed by atoms with Crippen LogP contribution in [0.4, 0.5) is 0 Å². The maximum Gasteiger partial charge on any atom is 0.376 e. The second-order valence-corrected chi connectivity index (χ2v) is 8.57. The maximum absolute atomic E-state index is 12.6. The van der Waals surface area contributed by atoms with Crippen molar-refractivity contribution >= 4 is 11.9 Å². The Kier molecular flexibility index (Phi) is 15.6. The number of unbranched alkanes of at least 4 members (excludes halogenated alkanes) is 8. The number of hydrogen-bond donors (Lipinski definition) is 0. The van der Waals surface area contributed by atoms with Gasteiger partial charge in [-0.25, -0.2) is 9.59 Å². The van der Waals surface area contributed by atoms with Crippen molar-refractivity contribution in [3.63, 3.8) is 0 Å². The van der Waals surface area contributed by atoms with E-state index in [1.165, 1.54) is 25.7 Å². The number of benzene rings is 2. The fraction of sp³-hybridized carbons (Fsp3) is 0.467. The van der Waals surface area contributed by atoms with Crippen LogP contribution in [-0.4, -0.2) is 25.2 Å². The summed E-state index contributed by atoms with van der Waals surface area (Å²) in [5, 5.41) is 0. The zero-order valence-electron chi connectivity index (χ0n) is 22.6. The van der Waals surface area contributed by atoms with Crippen LogP contribution in [0.5, 0.6) is 11.5 Å². The molecular weight excluding hydrogens is 488 g/mol. The Hall–Kier alpha value is -3.10. The smallest absolute Gasteiger partial charge is 0.376 e. The largest absolute Gasteiger partial charge is 0.493 e. The Morgan fingerprint density at radius 3 is 1.47 bits per heavy atom. The summed E-state index contributed by atoms with van der Waals surface area (Å²) in [6, 6.07) is 13.4. The van der Waals surface area contributed by atoms with Crippen molar-refractivity contribution in [2.45, 2.75) is 78.1 Å². The van der Waals surface area contributed by atoms with Gasteiger partial charge < -0.3 is 9.47 Å². The molecule has 0 spiro atoms. The fourth-order valence-corrected chi connectivity index (χ4v) is 3.70. The summed E-state index contributed by atoms with van der Waals surface area (Å²) in [7, 11) is 0. The van der Waals surface area contributed by atoms with Crippen molar-refractivity contribution in [2.75, 3.05) is 13.2 Å². The van der Waals surface area contributed by atoms with E-state index in [0.29, 0.717) is 31.1 Å². The van der Waals surface area contributed by atoms with Crippen molar-refractivity contribution in [2.24, 2.45) is 0 Å². The van der Waals surface area contributed by atoms with Gasteiger partial charge in [-0.05, 0) is 44.5 Å². The Morgan fingerprint density at radius 1 is 0.605 bits per heavy atom. The van der Waals surface area contributed by atoms with E-state index in [9.17, 15) is 9.59 Å². The maximum atomic E-state index is 12.6. The Balaban J connectivity index is 1.92. The van der Waals surface area contributed by atoms with Crippen molar-refractivity contribution in [1.29, 1.82) is 0 Å². The van der Waals surface area contributed by atoms with E-state index in [-0.39, 0.29) is 23.8 Å². The number of rotatable bonds is 20. The molecule has 2 aromatic rings. The average molecular weight is 529 g/mol. The third-order valence-corrected chi connectivity index (χ3v) is 5.62. The van der Waals surface area contributed by atoms with Gasteiger partial charge in [0.05, 0.1) is 13.2 Å². The van der Waals surface area contributed by atoms with Crippen LogP contribution in [-0.2, 0) is 19.6 Å². The van der Waals surface area contributed by atoms with E-state index in [2.05, 4.69) is 6.92 Å². The van der Waals surface area contributed by atoms with E-state index in [1.54, 1.807) is 48.5 Å². The molecule has 0 unspecified atom stereocenters. The molecule has 8 heteroatoms. The molecule has 0 N–H and O–H groups in total. The Labute approximate surface area is 226 Å². The van der Waals surface area contributed by atoms with Gasteiger partial charge >= 0.3 is 18.2 Å². The van der Waals surface area contributed by atoms with Gasteiger partial charge in [0.15, 0.2) is 0 Å². The third kappa shape index (κ3) is 11.5. The molecule has 2 radical (unpaired) electrons. The van der Waals surface area contributed by atoms with Crippen LogP contribution in [0.15, 0.2) is 48.5 Å². The monoisotopic (exact) mass is 528 g/mol. The predicted molar refractivity (Wildman–Crippen MR) is 143 cm³/mol. The summed E-state index contributed by atoms with van der Waals surface area (Å²) in [5.74, 6) is -0.767. The molecule has 0 saturated heterocycles. The van der Waals surface area contributed by atoms with E-state index < -0.39 is 11.9 Å². The second kappa shape index (κ2) is 19.0. The first-order valence-electron chi connectivity index (χ1n) is 13.5. The van der Waals surface area contributed by atoms with Crippen LogP contribution < -0.4 is 9.47 Å². The molecule has 0 aromatic heterocycles. The third-order valence-electron chi connectivity index (χ3n) is 5.62. The first-order valence-corrected chi connectivity index (χ1v) is 13.5. The van der Waals surface area contributed by atoms with Crippen molar-refractivity contribution < 1.29 is 38.6 Å². The Bertz CT molecular complexity index is 880. The molecule has 0 atom stereocenters. The highest BCUT2D eigenvalue weighted by molar-refractivity contribution is 5.92. The highest BCUT2D eigenvalue weighted by Crippen LogP contribution is 2.24. The highest BCUT2D eigenvalue weighted by atomic mass is 17.3. The van der Waals surface area contributed by atoms with Crippen LogP contribution in [0.2, 0.25) is 0 Å².